The van der Waals surface area contributed by atoms with Crippen LogP contribution in [-0.2, 0) is 7.05 Å². The Balaban J connectivity index is 1.96. The fourth-order valence-corrected chi connectivity index (χ4v) is 2.98. The smallest absolute Gasteiger partial charge is 0.217 e. The van der Waals surface area contributed by atoms with Crippen molar-refractivity contribution in [3.05, 3.63) is 53.8 Å². The van der Waals surface area contributed by atoms with Crippen molar-refractivity contribution in [2.45, 2.75) is 6.92 Å². The van der Waals surface area contributed by atoms with Crippen molar-refractivity contribution in [2.24, 2.45) is 7.05 Å². The van der Waals surface area contributed by atoms with E-state index in [2.05, 4.69) is 20.1 Å². The second kappa shape index (κ2) is 5.17. The van der Waals surface area contributed by atoms with E-state index in [0.29, 0.717) is 16.8 Å². The van der Waals surface area contributed by atoms with E-state index < -0.39 is 0 Å². The number of fused-ring (bicyclic) bond motifs is 1. The monoisotopic (exact) mass is 324 g/mol. The van der Waals surface area contributed by atoms with Gasteiger partial charge in [0.25, 0.3) is 0 Å². The van der Waals surface area contributed by atoms with Crippen molar-refractivity contribution >= 4 is 17.1 Å². The number of rotatable bonds is 2. The summed E-state index contributed by atoms with van der Waals surface area (Å²) in [5.74, 6) is 1.16. The summed E-state index contributed by atoms with van der Waals surface area (Å²) >= 11 is 6.41. The minimum Gasteiger partial charge on any atom is -0.331 e. The van der Waals surface area contributed by atoms with Crippen LogP contribution in [0.5, 0.6) is 0 Å². The van der Waals surface area contributed by atoms with Gasteiger partial charge in [0.2, 0.25) is 5.82 Å². The van der Waals surface area contributed by atoms with Crippen molar-refractivity contribution < 1.29 is 0 Å². The van der Waals surface area contributed by atoms with Crippen LogP contribution >= 0.6 is 11.6 Å². The topological polar surface area (TPSA) is 60.9 Å². The lowest BCUT2D eigenvalue weighted by atomic mass is 10.1. The Morgan fingerprint density at radius 2 is 2.09 bits per heavy atom. The molecule has 0 saturated carbocycles. The molecule has 0 spiro atoms. The van der Waals surface area contributed by atoms with Gasteiger partial charge in [-0.2, -0.15) is 0 Å². The van der Waals surface area contributed by atoms with Crippen LogP contribution in [0.15, 0.2) is 43.1 Å². The standard InChI is InChI=1S/C16H13ClN6/c1-10-12(11-4-3-5-18-8-11)9-23-13(10)14(17)20-15(21-23)16-19-6-7-22(16)2/h3-9H,1-2H3. The highest BCUT2D eigenvalue weighted by Gasteiger charge is 2.17. The van der Waals surface area contributed by atoms with Gasteiger partial charge in [0, 0.05) is 49.2 Å². The van der Waals surface area contributed by atoms with E-state index in [-0.39, 0.29) is 0 Å². The fraction of sp³-hybridized carbons (Fsp3) is 0.125. The first-order chi connectivity index (χ1) is 11.1. The molecule has 0 bridgehead atoms. The highest BCUT2D eigenvalue weighted by Crippen LogP contribution is 2.31. The average molecular weight is 325 g/mol. The molecule has 0 aliphatic carbocycles. The van der Waals surface area contributed by atoms with Gasteiger partial charge >= 0.3 is 0 Å². The number of imidazole rings is 1. The zero-order valence-electron chi connectivity index (χ0n) is 12.6. The third-order valence-corrected chi connectivity index (χ3v) is 4.10. The maximum atomic E-state index is 6.41. The maximum absolute atomic E-state index is 6.41. The second-order valence-corrected chi connectivity index (χ2v) is 5.65. The summed E-state index contributed by atoms with van der Waals surface area (Å²) in [5.41, 5.74) is 3.87. The predicted octanol–water partition coefficient (Wildman–Crippen LogP) is 3.15. The number of nitrogens with zero attached hydrogens (tertiary/aromatic N) is 6. The zero-order valence-corrected chi connectivity index (χ0v) is 13.4. The normalized spacial score (nSPS) is 11.3. The first-order valence-corrected chi connectivity index (χ1v) is 7.46. The minimum atomic E-state index is 0.408. The third-order valence-electron chi connectivity index (χ3n) is 3.84. The number of hydrogen-bond donors (Lipinski definition) is 0. The van der Waals surface area contributed by atoms with E-state index in [1.54, 1.807) is 16.9 Å². The van der Waals surface area contributed by atoms with E-state index in [1.807, 2.05) is 49.3 Å². The van der Waals surface area contributed by atoms with E-state index in [4.69, 9.17) is 11.6 Å². The molecule has 7 heteroatoms. The first kappa shape index (κ1) is 13.9. The molecule has 0 saturated heterocycles. The lowest BCUT2D eigenvalue weighted by Gasteiger charge is -2.03. The Morgan fingerprint density at radius 1 is 1.22 bits per heavy atom. The summed E-state index contributed by atoms with van der Waals surface area (Å²) in [5, 5.41) is 4.97. The van der Waals surface area contributed by atoms with Crippen molar-refractivity contribution in [1.82, 2.24) is 29.1 Å². The number of hydrogen-bond acceptors (Lipinski definition) is 4. The molecular formula is C16H13ClN6. The van der Waals surface area contributed by atoms with Gasteiger partial charge in [-0.15, -0.1) is 5.10 Å². The Bertz CT molecular complexity index is 1000. The van der Waals surface area contributed by atoms with E-state index >= 15 is 0 Å². The lowest BCUT2D eigenvalue weighted by Crippen LogP contribution is -2.02. The van der Waals surface area contributed by atoms with Crippen LogP contribution in [0.2, 0.25) is 5.15 Å². The second-order valence-electron chi connectivity index (χ2n) is 5.29. The lowest BCUT2D eigenvalue weighted by molar-refractivity contribution is 0.859. The molecule has 6 nitrogen and oxygen atoms in total. The van der Waals surface area contributed by atoms with Gasteiger partial charge in [-0.25, -0.2) is 14.5 Å². The molecule has 0 aromatic carbocycles. The van der Waals surface area contributed by atoms with Gasteiger partial charge in [0.05, 0.1) is 0 Å². The van der Waals surface area contributed by atoms with Crippen LogP contribution in [0.4, 0.5) is 0 Å². The van der Waals surface area contributed by atoms with E-state index in [0.717, 1.165) is 22.2 Å². The summed E-state index contributed by atoms with van der Waals surface area (Å²) in [7, 11) is 1.89. The van der Waals surface area contributed by atoms with Crippen LogP contribution in [0.25, 0.3) is 28.3 Å². The van der Waals surface area contributed by atoms with Gasteiger partial charge in [0.15, 0.2) is 11.0 Å². The molecule has 0 unspecified atom stereocenters. The first-order valence-electron chi connectivity index (χ1n) is 7.08. The summed E-state index contributed by atoms with van der Waals surface area (Å²) in [6, 6.07) is 3.92. The van der Waals surface area contributed by atoms with Crippen molar-refractivity contribution in [3.63, 3.8) is 0 Å². The van der Waals surface area contributed by atoms with Crippen LogP contribution in [0.3, 0.4) is 0 Å². The molecule has 0 aliphatic heterocycles. The third kappa shape index (κ3) is 2.19. The van der Waals surface area contributed by atoms with Crippen molar-refractivity contribution in [1.29, 1.82) is 0 Å². The summed E-state index contributed by atoms with van der Waals surface area (Å²) in [4.78, 5) is 12.9. The number of aryl methyl sites for hydroxylation is 2. The van der Waals surface area contributed by atoms with Gasteiger partial charge in [-0.1, -0.05) is 17.7 Å². The highest BCUT2D eigenvalue weighted by molar-refractivity contribution is 6.33. The molecule has 0 N–H and O–H groups in total. The summed E-state index contributed by atoms with van der Waals surface area (Å²) in [6.07, 6.45) is 9.07. The Kier molecular flexibility index (Phi) is 3.12. The number of pyridine rings is 1. The minimum absolute atomic E-state index is 0.408. The molecule has 0 atom stereocenters. The van der Waals surface area contributed by atoms with Gasteiger partial charge in [-0.05, 0) is 18.6 Å². The predicted molar refractivity (Wildman–Crippen MR) is 88.2 cm³/mol. The molecular weight excluding hydrogens is 312 g/mol. The molecule has 4 aromatic heterocycles. The van der Waals surface area contributed by atoms with Crippen LogP contribution in [0, 0.1) is 6.92 Å². The van der Waals surface area contributed by atoms with Crippen molar-refractivity contribution in [2.75, 3.05) is 0 Å². The van der Waals surface area contributed by atoms with Gasteiger partial charge in [0.1, 0.15) is 5.52 Å². The van der Waals surface area contributed by atoms with Gasteiger partial charge in [-0.3, -0.25) is 4.98 Å². The highest BCUT2D eigenvalue weighted by atomic mass is 35.5. The van der Waals surface area contributed by atoms with E-state index in [9.17, 15) is 0 Å². The zero-order chi connectivity index (χ0) is 16.0. The fourth-order valence-electron chi connectivity index (χ4n) is 2.67. The average Bonchev–Trinajstić information content (AvgIpc) is 3.12. The van der Waals surface area contributed by atoms with Crippen LogP contribution < -0.4 is 0 Å². The number of halogens is 1. The quantitative estimate of drug-likeness (QED) is 0.568. The Morgan fingerprint density at radius 3 is 2.78 bits per heavy atom. The van der Waals surface area contributed by atoms with Crippen molar-refractivity contribution in [3.8, 4) is 22.8 Å². The summed E-state index contributed by atoms with van der Waals surface area (Å²) in [6.45, 7) is 2.01. The number of aromatic nitrogens is 6. The Hall–Kier alpha value is -2.73. The maximum Gasteiger partial charge on any atom is 0.217 e. The van der Waals surface area contributed by atoms with E-state index in [1.165, 1.54) is 0 Å². The molecule has 4 heterocycles. The molecule has 114 valence electrons. The largest absolute Gasteiger partial charge is 0.331 e. The van der Waals surface area contributed by atoms with Gasteiger partial charge < -0.3 is 4.57 Å². The van der Waals surface area contributed by atoms with Crippen LogP contribution in [0.1, 0.15) is 5.56 Å². The molecule has 0 aliphatic rings. The molecule has 4 rings (SSSR count). The molecule has 4 aromatic rings. The molecule has 0 radical (unpaired) electrons. The molecule has 0 amide bonds. The van der Waals surface area contributed by atoms with Crippen LogP contribution in [-0.4, -0.2) is 29.1 Å². The SMILES string of the molecule is Cc1c(-c2cccnc2)cn2nc(-c3nccn3C)nc(Cl)c12. The molecule has 0 fully saturated rings. The molecule has 23 heavy (non-hydrogen) atoms. The Labute approximate surface area is 137 Å². The summed E-state index contributed by atoms with van der Waals surface area (Å²) < 4.78 is 3.62.